The van der Waals surface area contributed by atoms with Crippen molar-refractivity contribution in [3.8, 4) is 11.1 Å². The molecule has 8 heteroatoms. The highest BCUT2D eigenvalue weighted by atomic mass is 35.5. The number of carbonyl (C=O) groups excluding carboxylic acids is 1. The van der Waals surface area contributed by atoms with Crippen molar-refractivity contribution in [2.24, 2.45) is 0 Å². The van der Waals surface area contributed by atoms with Gasteiger partial charge in [-0.2, -0.15) is 4.98 Å². The Morgan fingerprint density at radius 3 is 2.82 bits per heavy atom. The van der Waals surface area contributed by atoms with Crippen LogP contribution in [0.1, 0.15) is 25.3 Å². The molecule has 1 aliphatic rings. The average Bonchev–Trinajstić information content (AvgIpc) is 3.35. The Labute approximate surface area is 197 Å². The van der Waals surface area contributed by atoms with Crippen molar-refractivity contribution >= 4 is 41.1 Å². The topological polar surface area (TPSA) is 67.3 Å². The van der Waals surface area contributed by atoms with Gasteiger partial charge in [-0.3, -0.25) is 0 Å². The van der Waals surface area contributed by atoms with Crippen molar-refractivity contribution in [2.75, 3.05) is 29.9 Å². The van der Waals surface area contributed by atoms with E-state index in [2.05, 4.69) is 15.2 Å². The molecule has 0 radical (unpaired) electrons. The summed E-state index contributed by atoms with van der Waals surface area (Å²) in [5, 5.41) is 3.14. The maximum absolute atomic E-state index is 13.5. The number of nitrogens with zero attached hydrogens (tertiary/aromatic N) is 3. The number of ether oxygens (including phenoxy) is 1. The summed E-state index contributed by atoms with van der Waals surface area (Å²) in [6, 6.07) is 12.2. The molecule has 3 aromatic rings. The molecule has 1 aliphatic heterocycles. The van der Waals surface area contributed by atoms with Crippen molar-refractivity contribution < 1.29 is 13.9 Å². The molecule has 0 unspecified atom stereocenters. The van der Waals surface area contributed by atoms with E-state index in [-0.39, 0.29) is 11.0 Å². The molecule has 0 amide bonds. The number of hydrogen-bond acceptors (Lipinski definition) is 6. The van der Waals surface area contributed by atoms with E-state index in [4.69, 9.17) is 21.3 Å². The summed E-state index contributed by atoms with van der Waals surface area (Å²) >= 11 is 5.90. The molecule has 0 spiro atoms. The third-order valence-electron chi connectivity index (χ3n) is 5.25. The van der Waals surface area contributed by atoms with E-state index >= 15 is 0 Å². The SMILES string of the molecule is CCOC(=O)C=Cc1cccc(-c2cnc(Nc3ccc(F)c(Cl)c3)nc2N2CCCC2)c1. The number of halogens is 2. The Morgan fingerprint density at radius 2 is 2.06 bits per heavy atom. The van der Waals surface area contributed by atoms with E-state index in [1.807, 2.05) is 24.3 Å². The average molecular weight is 467 g/mol. The van der Waals surface area contributed by atoms with Crippen LogP contribution in [-0.2, 0) is 9.53 Å². The number of aromatic nitrogens is 2. The molecular weight excluding hydrogens is 443 g/mol. The van der Waals surface area contributed by atoms with E-state index < -0.39 is 5.82 Å². The lowest BCUT2D eigenvalue weighted by Gasteiger charge is -2.21. The third-order valence-corrected chi connectivity index (χ3v) is 5.54. The first-order chi connectivity index (χ1) is 16.0. The second-order valence-corrected chi connectivity index (χ2v) is 8.00. The molecule has 1 N–H and O–H groups in total. The largest absolute Gasteiger partial charge is 0.463 e. The molecule has 4 rings (SSSR count). The lowest BCUT2D eigenvalue weighted by molar-refractivity contribution is -0.137. The van der Waals surface area contributed by atoms with Crippen molar-refractivity contribution in [3.63, 3.8) is 0 Å². The second kappa shape index (κ2) is 10.4. The van der Waals surface area contributed by atoms with Gasteiger partial charge in [-0.25, -0.2) is 14.2 Å². The molecule has 0 atom stereocenters. The quantitative estimate of drug-likeness (QED) is 0.347. The lowest BCUT2D eigenvalue weighted by Crippen LogP contribution is -2.20. The standard InChI is InChI=1S/C25H24ClFN4O2/c1-2-33-23(32)11-8-17-6-5-7-18(14-17)20-16-28-25(30-24(20)31-12-3-4-13-31)29-19-9-10-22(27)21(26)15-19/h5-11,14-16H,2-4,12-13H2,1H3,(H,28,29,30). The number of hydrogen-bond donors (Lipinski definition) is 1. The van der Waals surface area contributed by atoms with Gasteiger partial charge in [-0.05, 0) is 61.2 Å². The Bertz CT molecular complexity index is 1180. The zero-order valence-electron chi connectivity index (χ0n) is 18.2. The van der Waals surface area contributed by atoms with Gasteiger partial charge >= 0.3 is 5.97 Å². The Kier molecular flexibility index (Phi) is 7.19. The summed E-state index contributed by atoms with van der Waals surface area (Å²) < 4.78 is 18.4. The van der Waals surface area contributed by atoms with Gasteiger partial charge in [-0.15, -0.1) is 0 Å². The summed E-state index contributed by atoms with van der Waals surface area (Å²) in [4.78, 5) is 23.2. The number of benzene rings is 2. The van der Waals surface area contributed by atoms with Crippen molar-refractivity contribution in [1.82, 2.24) is 9.97 Å². The first-order valence-corrected chi connectivity index (χ1v) is 11.2. The zero-order valence-corrected chi connectivity index (χ0v) is 19.0. The fourth-order valence-corrected chi connectivity index (χ4v) is 3.85. The minimum atomic E-state index is -0.479. The smallest absolute Gasteiger partial charge is 0.330 e. The fourth-order valence-electron chi connectivity index (χ4n) is 3.67. The summed E-state index contributed by atoms with van der Waals surface area (Å²) in [5.74, 6) is 0.375. The number of carbonyl (C=O) groups is 1. The molecule has 0 bridgehead atoms. The molecular formula is C25H24ClFN4O2. The van der Waals surface area contributed by atoms with Crippen LogP contribution >= 0.6 is 11.6 Å². The van der Waals surface area contributed by atoms with Crippen LogP contribution < -0.4 is 10.2 Å². The normalized spacial score (nSPS) is 13.5. The van der Waals surface area contributed by atoms with Gasteiger partial charge in [0.05, 0.1) is 11.6 Å². The molecule has 2 heterocycles. The van der Waals surface area contributed by atoms with Crippen LogP contribution in [0.2, 0.25) is 5.02 Å². The number of esters is 1. The number of nitrogens with one attached hydrogen (secondary N) is 1. The molecule has 1 aromatic heterocycles. The monoisotopic (exact) mass is 466 g/mol. The Hall–Kier alpha value is -3.45. The van der Waals surface area contributed by atoms with E-state index in [9.17, 15) is 9.18 Å². The van der Waals surface area contributed by atoms with E-state index in [1.54, 1.807) is 25.3 Å². The van der Waals surface area contributed by atoms with Crippen LogP contribution in [0.15, 0.2) is 54.7 Å². The summed E-state index contributed by atoms with van der Waals surface area (Å²) in [5.41, 5.74) is 3.31. The molecule has 2 aromatic carbocycles. The Balaban J connectivity index is 1.66. The molecule has 170 valence electrons. The van der Waals surface area contributed by atoms with Crippen molar-refractivity contribution in [1.29, 1.82) is 0 Å². The predicted octanol–water partition coefficient (Wildman–Crippen LogP) is 5.86. The maximum Gasteiger partial charge on any atom is 0.330 e. The minimum Gasteiger partial charge on any atom is -0.463 e. The Morgan fingerprint density at radius 1 is 1.24 bits per heavy atom. The predicted molar refractivity (Wildman–Crippen MR) is 129 cm³/mol. The highest BCUT2D eigenvalue weighted by Crippen LogP contribution is 2.33. The van der Waals surface area contributed by atoms with Crippen LogP contribution in [0.25, 0.3) is 17.2 Å². The third kappa shape index (κ3) is 5.68. The second-order valence-electron chi connectivity index (χ2n) is 7.59. The highest BCUT2D eigenvalue weighted by molar-refractivity contribution is 6.31. The molecule has 1 fully saturated rings. The van der Waals surface area contributed by atoms with Gasteiger partial charge in [0.2, 0.25) is 5.95 Å². The van der Waals surface area contributed by atoms with Crippen LogP contribution in [0.3, 0.4) is 0 Å². The van der Waals surface area contributed by atoms with E-state index in [1.165, 1.54) is 18.2 Å². The van der Waals surface area contributed by atoms with Gasteiger partial charge in [-0.1, -0.05) is 29.8 Å². The highest BCUT2D eigenvalue weighted by Gasteiger charge is 2.20. The maximum atomic E-state index is 13.5. The van der Waals surface area contributed by atoms with Crippen LogP contribution in [-0.4, -0.2) is 35.6 Å². The number of anilines is 3. The van der Waals surface area contributed by atoms with Crippen LogP contribution in [0.4, 0.5) is 21.8 Å². The molecule has 6 nitrogen and oxygen atoms in total. The molecule has 33 heavy (non-hydrogen) atoms. The number of rotatable bonds is 7. The van der Waals surface area contributed by atoms with Crippen LogP contribution in [0.5, 0.6) is 0 Å². The minimum absolute atomic E-state index is 0.0316. The fraction of sp³-hybridized carbons (Fsp3) is 0.240. The van der Waals surface area contributed by atoms with Crippen molar-refractivity contribution in [3.05, 3.63) is 71.1 Å². The summed E-state index contributed by atoms with van der Waals surface area (Å²) in [6.07, 6.45) is 7.12. The van der Waals surface area contributed by atoms with Gasteiger partial charge in [0.1, 0.15) is 11.6 Å². The van der Waals surface area contributed by atoms with Gasteiger partial charge in [0.15, 0.2) is 0 Å². The molecule has 0 saturated carbocycles. The molecule has 1 saturated heterocycles. The zero-order chi connectivity index (χ0) is 23.2. The van der Waals surface area contributed by atoms with Crippen molar-refractivity contribution in [2.45, 2.75) is 19.8 Å². The van der Waals surface area contributed by atoms with Gasteiger partial charge in [0, 0.05) is 36.6 Å². The first-order valence-electron chi connectivity index (χ1n) is 10.8. The van der Waals surface area contributed by atoms with Gasteiger partial charge in [0.25, 0.3) is 0 Å². The van der Waals surface area contributed by atoms with Gasteiger partial charge < -0.3 is 15.0 Å². The summed E-state index contributed by atoms with van der Waals surface area (Å²) in [7, 11) is 0. The van der Waals surface area contributed by atoms with E-state index in [0.717, 1.165) is 48.4 Å². The van der Waals surface area contributed by atoms with Crippen LogP contribution in [0, 0.1) is 5.82 Å². The lowest BCUT2D eigenvalue weighted by atomic mass is 10.0. The van der Waals surface area contributed by atoms with E-state index in [0.29, 0.717) is 18.2 Å². The molecule has 0 aliphatic carbocycles. The summed E-state index contributed by atoms with van der Waals surface area (Å²) in [6.45, 7) is 3.93. The first kappa shape index (κ1) is 22.7.